The molecule has 3 amide bonds. The number of nitrogens with zero attached hydrogens (tertiary/aromatic N) is 2. The SMILES string of the molecule is O=C(NCc1ccccc1)N1CCC2C(CCC(=O)N2CCCCO)C1. The molecule has 2 heterocycles. The molecular weight excluding hydrogens is 330 g/mol. The Morgan fingerprint density at radius 3 is 2.77 bits per heavy atom. The smallest absolute Gasteiger partial charge is 0.317 e. The number of piperidine rings is 2. The topological polar surface area (TPSA) is 72.9 Å². The summed E-state index contributed by atoms with van der Waals surface area (Å²) < 4.78 is 0. The van der Waals surface area contributed by atoms with Crippen LogP contribution in [0.1, 0.15) is 37.7 Å². The van der Waals surface area contributed by atoms with Gasteiger partial charge in [-0.25, -0.2) is 4.79 Å². The van der Waals surface area contributed by atoms with E-state index in [-0.39, 0.29) is 24.6 Å². The van der Waals surface area contributed by atoms with Crippen LogP contribution in [0.25, 0.3) is 0 Å². The third-order valence-corrected chi connectivity index (χ3v) is 5.52. The van der Waals surface area contributed by atoms with Crippen LogP contribution in [0.15, 0.2) is 30.3 Å². The lowest BCUT2D eigenvalue weighted by atomic mass is 9.83. The summed E-state index contributed by atoms with van der Waals surface area (Å²) in [6.45, 7) is 2.84. The fraction of sp³-hybridized carbons (Fsp3) is 0.600. The summed E-state index contributed by atoms with van der Waals surface area (Å²) in [5.74, 6) is 0.587. The number of hydrogen-bond donors (Lipinski definition) is 2. The number of likely N-dealkylation sites (tertiary alicyclic amines) is 2. The summed E-state index contributed by atoms with van der Waals surface area (Å²) in [7, 11) is 0. The number of nitrogens with one attached hydrogen (secondary N) is 1. The molecule has 1 aromatic rings. The summed E-state index contributed by atoms with van der Waals surface area (Å²) in [5, 5.41) is 12.0. The Labute approximate surface area is 155 Å². The van der Waals surface area contributed by atoms with Gasteiger partial charge in [0.25, 0.3) is 0 Å². The van der Waals surface area contributed by atoms with Crippen LogP contribution in [-0.2, 0) is 11.3 Å². The number of unbranched alkanes of at least 4 members (excludes halogenated alkanes) is 1. The molecule has 2 fully saturated rings. The van der Waals surface area contributed by atoms with E-state index in [4.69, 9.17) is 5.11 Å². The van der Waals surface area contributed by atoms with Crippen LogP contribution >= 0.6 is 0 Å². The molecule has 2 aliphatic rings. The van der Waals surface area contributed by atoms with Gasteiger partial charge in [-0.3, -0.25) is 4.79 Å². The highest BCUT2D eigenvalue weighted by atomic mass is 16.3. The predicted molar refractivity (Wildman–Crippen MR) is 99.4 cm³/mol. The van der Waals surface area contributed by atoms with Gasteiger partial charge in [-0.2, -0.15) is 0 Å². The van der Waals surface area contributed by atoms with Crippen molar-refractivity contribution in [2.75, 3.05) is 26.2 Å². The Morgan fingerprint density at radius 1 is 1.19 bits per heavy atom. The van der Waals surface area contributed by atoms with Gasteiger partial charge in [0.1, 0.15) is 0 Å². The van der Waals surface area contributed by atoms with Crippen LogP contribution in [0.4, 0.5) is 4.79 Å². The van der Waals surface area contributed by atoms with Gasteiger partial charge < -0.3 is 20.2 Å². The van der Waals surface area contributed by atoms with Crippen LogP contribution in [0.5, 0.6) is 0 Å². The maximum absolute atomic E-state index is 12.5. The highest BCUT2D eigenvalue weighted by Gasteiger charge is 2.39. The molecule has 0 bridgehead atoms. The van der Waals surface area contributed by atoms with Gasteiger partial charge in [-0.15, -0.1) is 0 Å². The average molecular weight is 359 g/mol. The van der Waals surface area contributed by atoms with Crippen molar-refractivity contribution in [2.24, 2.45) is 5.92 Å². The molecule has 142 valence electrons. The Bertz CT molecular complexity index is 608. The molecule has 1 aromatic carbocycles. The first kappa shape index (κ1) is 18.7. The molecular formula is C20H29N3O3. The number of carbonyl (C=O) groups is 2. The fourth-order valence-electron chi connectivity index (χ4n) is 4.11. The minimum atomic E-state index is -0.0176. The quantitative estimate of drug-likeness (QED) is 0.763. The van der Waals surface area contributed by atoms with Gasteiger partial charge in [0, 0.05) is 45.2 Å². The monoisotopic (exact) mass is 359 g/mol. The molecule has 26 heavy (non-hydrogen) atoms. The van der Waals surface area contributed by atoms with E-state index in [0.717, 1.165) is 44.3 Å². The normalized spacial score (nSPS) is 22.9. The van der Waals surface area contributed by atoms with Crippen molar-refractivity contribution in [1.82, 2.24) is 15.1 Å². The first-order chi connectivity index (χ1) is 12.7. The number of benzene rings is 1. The van der Waals surface area contributed by atoms with Crippen molar-refractivity contribution in [3.05, 3.63) is 35.9 Å². The van der Waals surface area contributed by atoms with E-state index < -0.39 is 0 Å². The van der Waals surface area contributed by atoms with Gasteiger partial charge in [0.15, 0.2) is 0 Å². The van der Waals surface area contributed by atoms with E-state index >= 15 is 0 Å². The summed E-state index contributed by atoms with van der Waals surface area (Å²) in [5.41, 5.74) is 1.09. The number of aliphatic hydroxyl groups excluding tert-OH is 1. The largest absolute Gasteiger partial charge is 0.396 e. The van der Waals surface area contributed by atoms with E-state index in [1.807, 2.05) is 40.1 Å². The molecule has 6 heteroatoms. The first-order valence-electron chi connectivity index (χ1n) is 9.66. The molecule has 2 N–H and O–H groups in total. The van der Waals surface area contributed by atoms with Gasteiger partial charge in [0.05, 0.1) is 0 Å². The van der Waals surface area contributed by atoms with Gasteiger partial charge in [0.2, 0.25) is 5.91 Å². The number of amides is 3. The maximum atomic E-state index is 12.5. The zero-order valence-corrected chi connectivity index (χ0v) is 15.3. The Morgan fingerprint density at radius 2 is 2.00 bits per heavy atom. The van der Waals surface area contributed by atoms with Gasteiger partial charge >= 0.3 is 6.03 Å². The molecule has 0 aliphatic carbocycles. The lowest BCUT2D eigenvalue weighted by molar-refractivity contribution is -0.140. The van der Waals surface area contributed by atoms with E-state index in [1.54, 1.807) is 0 Å². The standard InChI is InChI=1S/C20H29N3O3/c24-13-5-4-11-23-18-10-12-22(15-17(18)8-9-19(23)25)20(26)21-14-16-6-2-1-3-7-16/h1-3,6-7,17-18,24H,4-5,8-15H2,(H,21,26). The molecule has 0 radical (unpaired) electrons. The van der Waals surface area contributed by atoms with Crippen molar-refractivity contribution in [1.29, 1.82) is 0 Å². The molecule has 0 saturated carbocycles. The summed E-state index contributed by atoms with van der Waals surface area (Å²) >= 11 is 0. The van der Waals surface area contributed by atoms with Crippen LogP contribution in [0.2, 0.25) is 0 Å². The predicted octanol–water partition coefficient (Wildman–Crippen LogP) is 1.98. The van der Waals surface area contributed by atoms with Gasteiger partial charge in [-0.1, -0.05) is 30.3 Å². The first-order valence-corrected chi connectivity index (χ1v) is 9.66. The van der Waals surface area contributed by atoms with Crippen LogP contribution < -0.4 is 5.32 Å². The fourth-order valence-corrected chi connectivity index (χ4v) is 4.11. The summed E-state index contributed by atoms with van der Waals surface area (Å²) in [4.78, 5) is 28.7. The molecule has 6 nitrogen and oxygen atoms in total. The summed E-state index contributed by atoms with van der Waals surface area (Å²) in [6.07, 6.45) is 3.85. The number of hydrogen-bond acceptors (Lipinski definition) is 3. The van der Waals surface area contributed by atoms with Crippen molar-refractivity contribution in [3.8, 4) is 0 Å². The Kier molecular flexibility index (Phi) is 6.50. The van der Waals surface area contributed by atoms with Crippen LogP contribution in [0, 0.1) is 5.92 Å². The van der Waals surface area contributed by atoms with Crippen molar-refractivity contribution >= 4 is 11.9 Å². The van der Waals surface area contributed by atoms with E-state index in [1.165, 1.54) is 0 Å². The molecule has 2 saturated heterocycles. The second-order valence-corrected chi connectivity index (χ2v) is 7.26. The number of urea groups is 1. The Balaban J connectivity index is 1.52. The molecule has 3 rings (SSSR count). The van der Waals surface area contributed by atoms with Gasteiger partial charge in [-0.05, 0) is 37.2 Å². The van der Waals surface area contributed by atoms with Crippen LogP contribution in [-0.4, -0.2) is 59.1 Å². The second kappa shape index (κ2) is 9.03. The van der Waals surface area contributed by atoms with Crippen molar-refractivity contribution < 1.29 is 14.7 Å². The number of aliphatic hydroxyl groups is 1. The van der Waals surface area contributed by atoms with Crippen LogP contribution in [0.3, 0.4) is 0 Å². The average Bonchev–Trinajstić information content (AvgIpc) is 2.68. The molecule has 0 aromatic heterocycles. The summed E-state index contributed by atoms with van der Waals surface area (Å²) in [6, 6.07) is 10.1. The molecule has 2 atom stereocenters. The molecule has 2 aliphatic heterocycles. The number of fused-ring (bicyclic) bond motifs is 1. The third-order valence-electron chi connectivity index (χ3n) is 5.52. The van der Waals surface area contributed by atoms with E-state index in [9.17, 15) is 9.59 Å². The zero-order valence-electron chi connectivity index (χ0n) is 15.3. The number of carbonyl (C=O) groups excluding carboxylic acids is 2. The molecule has 0 spiro atoms. The maximum Gasteiger partial charge on any atom is 0.317 e. The van der Waals surface area contributed by atoms with E-state index in [2.05, 4.69) is 5.32 Å². The lowest BCUT2D eigenvalue weighted by Crippen LogP contribution is -2.58. The zero-order chi connectivity index (χ0) is 18.4. The minimum absolute atomic E-state index is 0.0176. The molecule has 2 unspecified atom stereocenters. The number of rotatable bonds is 6. The highest BCUT2D eigenvalue weighted by Crippen LogP contribution is 2.31. The minimum Gasteiger partial charge on any atom is -0.396 e. The Hall–Kier alpha value is -2.08. The second-order valence-electron chi connectivity index (χ2n) is 7.26. The lowest BCUT2D eigenvalue weighted by Gasteiger charge is -2.47. The van der Waals surface area contributed by atoms with Crippen molar-refractivity contribution in [3.63, 3.8) is 0 Å². The van der Waals surface area contributed by atoms with Crippen molar-refractivity contribution in [2.45, 2.75) is 44.7 Å². The van der Waals surface area contributed by atoms with E-state index in [0.29, 0.717) is 25.4 Å². The highest BCUT2D eigenvalue weighted by molar-refractivity contribution is 5.78. The third kappa shape index (κ3) is 4.55.